The Morgan fingerprint density at radius 2 is 1.97 bits per heavy atom. The van der Waals surface area contributed by atoms with E-state index in [1.165, 1.54) is 0 Å². The summed E-state index contributed by atoms with van der Waals surface area (Å²) >= 11 is 6.33. The number of fused-ring (bicyclic) bond motifs is 1. The molecule has 0 radical (unpaired) electrons. The third-order valence-electron chi connectivity index (χ3n) is 5.26. The molecule has 0 saturated carbocycles. The summed E-state index contributed by atoms with van der Waals surface area (Å²) in [5.74, 6) is 1.25. The fraction of sp³-hybridized carbons (Fsp3) is 0.500. The molecular weight excluding hydrogens is 392 g/mol. The number of anilines is 1. The van der Waals surface area contributed by atoms with Crippen molar-refractivity contribution in [3.05, 3.63) is 40.7 Å². The van der Waals surface area contributed by atoms with Crippen molar-refractivity contribution < 1.29 is 10.2 Å². The van der Waals surface area contributed by atoms with Crippen LogP contribution in [0.2, 0.25) is 5.02 Å². The molecule has 0 bridgehead atoms. The summed E-state index contributed by atoms with van der Waals surface area (Å²) in [5.41, 5.74) is 1.79. The van der Waals surface area contributed by atoms with Gasteiger partial charge in [-0.3, -0.25) is 0 Å². The molecule has 1 fully saturated rings. The second-order valence-electron chi connectivity index (χ2n) is 8.43. The molecule has 1 aliphatic heterocycles. The minimum absolute atomic E-state index is 0.161. The van der Waals surface area contributed by atoms with Crippen LogP contribution < -0.4 is 4.90 Å². The maximum Gasteiger partial charge on any atom is 0.184 e. The number of aromatic nitrogens is 5. The molecule has 0 amide bonds. The van der Waals surface area contributed by atoms with Crippen molar-refractivity contribution >= 4 is 28.6 Å². The van der Waals surface area contributed by atoms with E-state index in [9.17, 15) is 10.2 Å². The molecule has 2 unspecified atom stereocenters. The summed E-state index contributed by atoms with van der Waals surface area (Å²) in [5, 5.41) is 29.4. The molecule has 0 aliphatic carbocycles. The number of aliphatic hydroxyl groups is 2. The summed E-state index contributed by atoms with van der Waals surface area (Å²) in [6.07, 6.45) is -0.0451. The quantitative estimate of drug-likeness (QED) is 0.672. The van der Waals surface area contributed by atoms with Crippen molar-refractivity contribution in [2.45, 2.75) is 51.3 Å². The fourth-order valence-electron chi connectivity index (χ4n) is 3.59. The zero-order chi connectivity index (χ0) is 20.8. The Bertz CT molecular complexity index is 1030. The Morgan fingerprint density at radius 1 is 1.21 bits per heavy atom. The second-order valence-corrected chi connectivity index (χ2v) is 8.84. The van der Waals surface area contributed by atoms with E-state index in [2.05, 4.69) is 10.3 Å². The first-order valence-corrected chi connectivity index (χ1v) is 10.1. The van der Waals surface area contributed by atoms with Crippen molar-refractivity contribution in [3.8, 4) is 0 Å². The van der Waals surface area contributed by atoms with Crippen LogP contribution in [0.3, 0.4) is 0 Å². The molecule has 4 rings (SSSR count). The number of hydrogen-bond acceptors (Lipinski definition) is 7. The molecule has 154 valence electrons. The van der Waals surface area contributed by atoms with Gasteiger partial charge in [0, 0.05) is 17.0 Å². The first-order valence-electron chi connectivity index (χ1n) is 9.70. The summed E-state index contributed by atoms with van der Waals surface area (Å²) in [6.45, 7) is 6.99. The highest BCUT2D eigenvalue weighted by Crippen LogP contribution is 2.32. The summed E-state index contributed by atoms with van der Waals surface area (Å²) in [4.78, 5) is 11.5. The Hall–Kier alpha value is -2.29. The van der Waals surface area contributed by atoms with E-state index in [-0.39, 0.29) is 12.0 Å². The van der Waals surface area contributed by atoms with Gasteiger partial charge < -0.3 is 15.1 Å². The number of aliphatic hydroxyl groups excluding tert-OH is 2. The summed E-state index contributed by atoms with van der Waals surface area (Å²) in [7, 11) is 0. The molecule has 0 spiro atoms. The van der Waals surface area contributed by atoms with Gasteiger partial charge in [-0.15, -0.1) is 5.10 Å². The third kappa shape index (κ3) is 3.68. The molecule has 8 nitrogen and oxygen atoms in total. The van der Waals surface area contributed by atoms with Crippen LogP contribution in [0.25, 0.3) is 11.2 Å². The van der Waals surface area contributed by atoms with Gasteiger partial charge in [0.25, 0.3) is 0 Å². The maximum atomic E-state index is 10.3. The average molecular weight is 417 g/mol. The van der Waals surface area contributed by atoms with Gasteiger partial charge in [-0.2, -0.15) is 0 Å². The molecule has 2 aromatic heterocycles. The van der Waals surface area contributed by atoms with Crippen molar-refractivity contribution in [1.82, 2.24) is 25.0 Å². The average Bonchev–Trinajstić information content (AvgIpc) is 3.25. The van der Waals surface area contributed by atoms with Crippen LogP contribution in [0.15, 0.2) is 24.3 Å². The zero-order valence-corrected chi connectivity index (χ0v) is 17.5. The molecule has 2 N–H and O–H groups in total. The van der Waals surface area contributed by atoms with E-state index in [0.29, 0.717) is 47.3 Å². The maximum absolute atomic E-state index is 10.3. The van der Waals surface area contributed by atoms with Crippen LogP contribution in [0.5, 0.6) is 0 Å². The monoisotopic (exact) mass is 416 g/mol. The van der Waals surface area contributed by atoms with Gasteiger partial charge in [0.05, 0.1) is 25.3 Å². The van der Waals surface area contributed by atoms with Crippen LogP contribution in [0, 0.1) is 0 Å². The standard InChI is InChI=1S/C20H25ClN6O2/c1-20(2,3)19-22-17(26-9-8-15(29)14(26)11-28)16-18(23-19)27(25-24-16)10-12-6-4-5-7-13(12)21/h4-7,14-15,28-29H,8-11H2,1-3H3. The van der Waals surface area contributed by atoms with Gasteiger partial charge in [0.15, 0.2) is 17.0 Å². The first-order chi connectivity index (χ1) is 13.8. The predicted octanol–water partition coefficient (Wildman–Crippen LogP) is 2.15. The minimum atomic E-state index is -0.610. The van der Waals surface area contributed by atoms with Crippen LogP contribution in [-0.2, 0) is 12.0 Å². The number of rotatable bonds is 4. The van der Waals surface area contributed by atoms with E-state index < -0.39 is 12.1 Å². The normalized spacial score (nSPS) is 20.0. The Balaban J connectivity index is 1.86. The van der Waals surface area contributed by atoms with Gasteiger partial charge in [-0.25, -0.2) is 14.6 Å². The first kappa shape index (κ1) is 20.0. The third-order valence-corrected chi connectivity index (χ3v) is 5.63. The van der Waals surface area contributed by atoms with E-state index in [0.717, 1.165) is 5.56 Å². The number of halogens is 1. The van der Waals surface area contributed by atoms with Gasteiger partial charge in [-0.1, -0.05) is 55.8 Å². The largest absolute Gasteiger partial charge is 0.394 e. The lowest BCUT2D eigenvalue weighted by molar-refractivity contribution is 0.128. The highest BCUT2D eigenvalue weighted by atomic mass is 35.5. The SMILES string of the molecule is CC(C)(C)c1nc(N2CCC(O)C2CO)c2nnn(Cc3ccccc3Cl)c2n1. The van der Waals surface area contributed by atoms with Crippen LogP contribution in [0.1, 0.15) is 38.6 Å². The number of nitrogens with zero attached hydrogens (tertiary/aromatic N) is 6. The Kier molecular flexibility index (Phi) is 5.18. The van der Waals surface area contributed by atoms with Gasteiger partial charge in [0.1, 0.15) is 5.82 Å². The Labute approximate surface area is 174 Å². The molecule has 29 heavy (non-hydrogen) atoms. The highest BCUT2D eigenvalue weighted by molar-refractivity contribution is 6.31. The highest BCUT2D eigenvalue weighted by Gasteiger charge is 2.36. The predicted molar refractivity (Wildman–Crippen MR) is 111 cm³/mol. The van der Waals surface area contributed by atoms with Crippen molar-refractivity contribution in [2.75, 3.05) is 18.1 Å². The lowest BCUT2D eigenvalue weighted by Crippen LogP contribution is -2.39. The number of benzene rings is 1. The fourth-order valence-corrected chi connectivity index (χ4v) is 3.79. The van der Waals surface area contributed by atoms with E-state index in [1.54, 1.807) is 4.68 Å². The minimum Gasteiger partial charge on any atom is -0.394 e. The molecular formula is C20H25ClN6O2. The van der Waals surface area contributed by atoms with Crippen LogP contribution in [-0.4, -0.2) is 60.5 Å². The van der Waals surface area contributed by atoms with E-state index in [1.807, 2.05) is 49.9 Å². The smallest absolute Gasteiger partial charge is 0.184 e. The van der Waals surface area contributed by atoms with Gasteiger partial charge in [0.2, 0.25) is 0 Å². The summed E-state index contributed by atoms with van der Waals surface area (Å²) in [6, 6.07) is 7.18. The molecule has 3 heterocycles. The zero-order valence-electron chi connectivity index (χ0n) is 16.7. The molecule has 1 aliphatic rings. The van der Waals surface area contributed by atoms with Crippen molar-refractivity contribution in [1.29, 1.82) is 0 Å². The molecule has 1 saturated heterocycles. The summed E-state index contributed by atoms with van der Waals surface area (Å²) < 4.78 is 1.72. The lowest BCUT2D eigenvalue weighted by atomic mass is 9.95. The molecule has 9 heteroatoms. The molecule has 2 atom stereocenters. The number of hydrogen-bond donors (Lipinski definition) is 2. The molecule has 3 aromatic rings. The van der Waals surface area contributed by atoms with E-state index in [4.69, 9.17) is 21.6 Å². The van der Waals surface area contributed by atoms with Crippen molar-refractivity contribution in [2.24, 2.45) is 0 Å². The topological polar surface area (TPSA) is 100 Å². The van der Waals surface area contributed by atoms with Crippen LogP contribution >= 0.6 is 11.6 Å². The molecule has 1 aromatic carbocycles. The van der Waals surface area contributed by atoms with E-state index >= 15 is 0 Å². The second kappa shape index (κ2) is 7.51. The van der Waals surface area contributed by atoms with Gasteiger partial charge in [-0.05, 0) is 18.1 Å². The van der Waals surface area contributed by atoms with Crippen LogP contribution in [0.4, 0.5) is 5.82 Å². The Morgan fingerprint density at radius 3 is 2.66 bits per heavy atom. The van der Waals surface area contributed by atoms with Crippen molar-refractivity contribution in [3.63, 3.8) is 0 Å². The van der Waals surface area contributed by atoms with Gasteiger partial charge >= 0.3 is 0 Å². The lowest BCUT2D eigenvalue weighted by Gasteiger charge is -2.27.